The van der Waals surface area contributed by atoms with Crippen molar-refractivity contribution in [1.29, 1.82) is 0 Å². The Balaban J connectivity index is 1.98. The van der Waals surface area contributed by atoms with Gasteiger partial charge < -0.3 is 16.0 Å². The van der Waals surface area contributed by atoms with E-state index in [2.05, 4.69) is 10.2 Å². The van der Waals surface area contributed by atoms with E-state index in [0.29, 0.717) is 0 Å². The predicted molar refractivity (Wildman–Crippen MR) is 60.9 cm³/mol. The number of hydrogen-bond acceptors (Lipinski definition) is 4. The Morgan fingerprint density at radius 3 is 2.50 bits per heavy atom. The minimum absolute atomic E-state index is 0.136. The number of nitrogens with one attached hydrogen (secondary N) is 2. The summed E-state index contributed by atoms with van der Waals surface area (Å²) in [7, 11) is 0. The molecule has 6 heteroatoms. The zero-order chi connectivity index (χ0) is 11.8. The number of carbonyl (C=O) groups is 2. The van der Waals surface area contributed by atoms with E-state index < -0.39 is 6.03 Å². The molecule has 0 aromatic carbocycles. The Hall–Kier alpha value is -1.14. The predicted octanol–water partition coefficient (Wildman–Crippen LogP) is -0.743. The molecule has 92 valence electrons. The zero-order valence-corrected chi connectivity index (χ0v) is 9.50. The van der Waals surface area contributed by atoms with Crippen LogP contribution in [0.4, 0.5) is 4.79 Å². The summed E-state index contributed by atoms with van der Waals surface area (Å²) in [6, 6.07) is -0.803. The van der Waals surface area contributed by atoms with E-state index >= 15 is 0 Å². The van der Waals surface area contributed by atoms with Gasteiger partial charge in [0.15, 0.2) is 0 Å². The van der Waals surface area contributed by atoms with Crippen LogP contribution in [0.5, 0.6) is 0 Å². The fourth-order valence-corrected chi connectivity index (χ4v) is 1.80. The van der Waals surface area contributed by atoms with Crippen LogP contribution in [0, 0.1) is 0 Å². The molecule has 6 nitrogen and oxygen atoms in total. The van der Waals surface area contributed by atoms with Gasteiger partial charge in [0.1, 0.15) is 0 Å². The second kappa shape index (κ2) is 7.19. The van der Waals surface area contributed by atoms with E-state index in [9.17, 15) is 9.59 Å². The lowest BCUT2D eigenvalue weighted by Crippen LogP contribution is -2.42. The molecule has 0 saturated carbocycles. The topological polar surface area (TPSA) is 87.5 Å². The van der Waals surface area contributed by atoms with Crippen molar-refractivity contribution in [3.05, 3.63) is 0 Å². The third-order valence-corrected chi connectivity index (χ3v) is 2.60. The van der Waals surface area contributed by atoms with Crippen LogP contribution >= 0.6 is 0 Å². The van der Waals surface area contributed by atoms with Crippen molar-refractivity contribution in [1.82, 2.24) is 15.5 Å². The molecule has 16 heavy (non-hydrogen) atoms. The zero-order valence-electron chi connectivity index (χ0n) is 9.50. The highest BCUT2D eigenvalue weighted by atomic mass is 16.2. The van der Waals surface area contributed by atoms with Crippen LogP contribution in [0.25, 0.3) is 0 Å². The van der Waals surface area contributed by atoms with Gasteiger partial charge in [0.05, 0.1) is 6.54 Å². The van der Waals surface area contributed by atoms with Crippen molar-refractivity contribution in [2.75, 3.05) is 32.7 Å². The largest absolute Gasteiger partial charge is 0.351 e. The average Bonchev–Trinajstić information content (AvgIpc) is 2.25. The SMILES string of the molecule is NC(=O)NC(=O)CNCCN1CCCCC1. The number of nitrogens with zero attached hydrogens (tertiary/aromatic N) is 1. The fraction of sp³-hybridized carbons (Fsp3) is 0.800. The van der Waals surface area contributed by atoms with E-state index in [-0.39, 0.29) is 12.5 Å². The van der Waals surface area contributed by atoms with Crippen molar-refractivity contribution in [3.8, 4) is 0 Å². The molecule has 4 N–H and O–H groups in total. The van der Waals surface area contributed by atoms with Gasteiger partial charge in [0, 0.05) is 13.1 Å². The van der Waals surface area contributed by atoms with Crippen LogP contribution in [0.15, 0.2) is 0 Å². The van der Waals surface area contributed by atoms with E-state index in [1.807, 2.05) is 5.32 Å². The van der Waals surface area contributed by atoms with E-state index in [1.54, 1.807) is 0 Å². The number of hydrogen-bond donors (Lipinski definition) is 3. The first-order chi connectivity index (χ1) is 7.68. The van der Waals surface area contributed by atoms with E-state index in [1.165, 1.54) is 19.3 Å². The number of amides is 3. The summed E-state index contributed by atoms with van der Waals surface area (Å²) in [6.45, 7) is 4.14. The second-order valence-corrected chi connectivity index (χ2v) is 3.99. The molecule has 1 rings (SSSR count). The maximum atomic E-state index is 11.0. The van der Waals surface area contributed by atoms with Crippen LogP contribution in [0.1, 0.15) is 19.3 Å². The summed E-state index contributed by atoms with van der Waals surface area (Å²) < 4.78 is 0. The molecule has 0 aliphatic carbocycles. The van der Waals surface area contributed by atoms with Gasteiger partial charge in [-0.1, -0.05) is 6.42 Å². The first kappa shape index (κ1) is 12.9. The van der Waals surface area contributed by atoms with Crippen molar-refractivity contribution in [2.24, 2.45) is 5.73 Å². The summed E-state index contributed by atoms with van der Waals surface area (Å²) >= 11 is 0. The minimum atomic E-state index is -0.803. The standard InChI is InChI=1S/C10H20N4O2/c11-10(16)13-9(15)8-12-4-7-14-5-2-1-3-6-14/h12H,1-8H2,(H3,11,13,15,16). The van der Waals surface area contributed by atoms with Gasteiger partial charge in [-0.3, -0.25) is 10.1 Å². The lowest BCUT2D eigenvalue weighted by atomic mass is 10.1. The molecule has 0 aromatic heterocycles. The summed E-state index contributed by atoms with van der Waals surface area (Å²) in [6.07, 6.45) is 3.86. The molecule has 0 radical (unpaired) electrons. The van der Waals surface area contributed by atoms with Gasteiger partial charge in [-0.05, 0) is 25.9 Å². The number of imide groups is 1. The number of urea groups is 1. The van der Waals surface area contributed by atoms with Crippen LogP contribution in [-0.2, 0) is 4.79 Å². The number of primary amides is 1. The van der Waals surface area contributed by atoms with Gasteiger partial charge >= 0.3 is 6.03 Å². The van der Waals surface area contributed by atoms with Crippen molar-refractivity contribution in [3.63, 3.8) is 0 Å². The summed E-state index contributed by atoms with van der Waals surface area (Å²) in [5.41, 5.74) is 4.81. The Morgan fingerprint density at radius 2 is 1.88 bits per heavy atom. The Labute approximate surface area is 95.5 Å². The maximum Gasteiger partial charge on any atom is 0.318 e. The van der Waals surface area contributed by atoms with Gasteiger partial charge in [-0.25, -0.2) is 4.79 Å². The average molecular weight is 228 g/mol. The molecule has 0 unspecified atom stereocenters. The number of nitrogens with two attached hydrogens (primary N) is 1. The van der Waals surface area contributed by atoms with Crippen LogP contribution in [0.3, 0.4) is 0 Å². The number of carbonyl (C=O) groups excluding carboxylic acids is 2. The minimum Gasteiger partial charge on any atom is -0.351 e. The summed E-state index contributed by atoms with van der Waals surface area (Å²) in [5, 5.41) is 4.98. The lowest BCUT2D eigenvalue weighted by molar-refractivity contribution is -0.119. The van der Waals surface area contributed by atoms with Crippen molar-refractivity contribution >= 4 is 11.9 Å². The van der Waals surface area contributed by atoms with Gasteiger partial charge in [-0.2, -0.15) is 0 Å². The highest BCUT2D eigenvalue weighted by Crippen LogP contribution is 2.06. The van der Waals surface area contributed by atoms with Crippen LogP contribution < -0.4 is 16.4 Å². The molecular formula is C10H20N4O2. The van der Waals surface area contributed by atoms with Gasteiger partial charge in [0.25, 0.3) is 0 Å². The van der Waals surface area contributed by atoms with Crippen molar-refractivity contribution < 1.29 is 9.59 Å². The molecule has 1 fully saturated rings. The third-order valence-electron chi connectivity index (χ3n) is 2.60. The Morgan fingerprint density at radius 1 is 1.19 bits per heavy atom. The molecule has 0 aromatic rings. The molecule has 0 spiro atoms. The fourth-order valence-electron chi connectivity index (χ4n) is 1.80. The molecule has 0 bridgehead atoms. The molecular weight excluding hydrogens is 208 g/mol. The quantitative estimate of drug-likeness (QED) is 0.541. The van der Waals surface area contributed by atoms with Gasteiger partial charge in [0.2, 0.25) is 5.91 Å². The van der Waals surface area contributed by atoms with E-state index in [0.717, 1.165) is 26.2 Å². The number of rotatable bonds is 5. The van der Waals surface area contributed by atoms with Crippen molar-refractivity contribution in [2.45, 2.75) is 19.3 Å². The summed E-state index contributed by atoms with van der Waals surface area (Å²) in [5.74, 6) is -0.383. The first-order valence-corrected chi connectivity index (χ1v) is 5.71. The molecule has 1 aliphatic heterocycles. The monoisotopic (exact) mass is 228 g/mol. The maximum absolute atomic E-state index is 11.0. The number of piperidine rings is 1. The highest BCUT2D eigenvalue weighted by molar-refractivity contribution is 5.94. The second-order valence-electron chi connectivity index (χ2n) is 3.99. The smallest absolute Gasteiger partial charge is 0.318 e. The highest BCUT2D eigenvalue weighted by Gasteiger charge is 2.09. The molecule has 0 atom stereocenters. The number of likely N-dealkylation sites (tertiary alicyclic amines) is 1. The first-order valence-electron chi connectivity index (χ1n) is 5.71. The third kappa shape index (κ3) is 5.67. The Bertz CT molecular complexity index is 239. The molecule has 3 amide bonds. The molecule has 1 saturated heterocycles. The van der Waals surface area contributed by atoms with Crippen LogP contribution in [-0.4, -0.2) is 49.6 Å². The normalized spacial score (nSPS) is 17.0. The Kier molecular flexibility index (Phi) is 5.81. The van der Waals surface area contributed by atoms with Gasteiger partial charge in [-0.15, -0.1) is 0 Å². The lowest BCUT2D eigenvalue weighted by Gasteiger charge is -2.26. The molecule has 1 aliphatic rings. The summed E-state index contributed by atoms with van der Waals surface area (Å²) in [4.78, 5) is 23.7. The van der Waals surface area contributed by atoms with Crippen LogP contribution in [0.2, 0.25) is 0 Å². The molecule has 1 heterocycles. The van der Waals surface area contributed by atoms with E-state index in [4.69, 9.17) is 5.73 Å².